The van der Waals surface area contributed by atoms with E-state index >= 15 is 0 Å². The normalized spacial score (nSPS) is 15.5. The lowest BCUT2D eigenvalue weighted by atomic mass is 9.92. The molecule has 0 amide bonds. The Hall–Kier alpha value is -6.10. The average Bonchev–Trinajstić information content (AvgIpc) is 3.76. The van der Waals surface area contributed by atoms with Gasteiger partial charge in [0, 0.05) is 31.7 Å². The molecule has 0 spiro atoms. The van der Waals surface area contributed by atoms with E-state index in [-0.39, 0.29) is 6.04 Å². The number of aliphatic imine (C=N–C) groups is 1. The van der Waals surface area contributed by atoms with E-state index in [2.05, 4.69) is 163 Å². The van der Waals surface area contributed by atoms with Gasteiger partial charge in [0.05, 0.1) is 11.7 Å². The van der Waals surface area contributed by atoms with Crippen LogP contribution in [0, 0.1) is 0 Å². The summed E-state index contributed by atoms with van der Waals surface area (Å²) in [6.45, 7) is 0. The molecule has 3 heterocycles. The lowest BCUT2D eigenvalue weighted by Crippen LogP contribution is -2.32. The van der Waals surface area contributed by atoms with E-state index < -0.39 is 0 Å². The van der Waals surface area contributed by atoms with Gasteiger partial charge in [-0.15, -0.1) is 0 Å². The van der Waals surface area contributed by atoms with Crippen LogP contribution in [0.2, 0.25) is 0 Å². The number of rotatable bonds is 3. The first-order chi connectivity index (χ1) is 24.8. The lowest BCUT2D eigenvalue weighted by molar-refractivity contribution is 0.669. The molecule has 0 saturated heterocycles. The second kappa shape index (κ2) is 10.7. The van der Waals surface area contributed by atoms with Crippen molar-refractivity contribution >= 4 is 77.6 Å². The minimum Gasteiger partial charge on any atom is -0.456 e. The molecule has 3 nitrogen and oxygen atoms in total. The van der Waals surface area contributed by atoms with Crippen molar-refractivity contribution in [3.63, 3.8) is 0 Å². The number of fused-ring (bicyclic) bond motifs is 12. The van der Waals surface area contributed by atoms with Crippen molar-refractivity contribution in [1.82, 2.24) is 5.32 Å². The van der Waals surface area contributed by atoms with E-state index in [4.69, 9.17) is 9.41 Å². The van der Waals surface area contributed by atoms with Crippen LogP contribution in [0.25, 0.3) is 71.1 Å². The third kappa shape index (κ3) is 4.09. The molecule has 0 radical (unpaired) electrons. The minimum absolute atomic E-state index is 0.0337. The van der Waals surface area contributed by atoms with Gasteiger partial charge < -0.3 is 9.73 Å². The number of furan rings is 1. The SMILES string of the molecule is c1ccc(C2=C3Sc4ccccc4C3NC(c3cccc4oc5ccc(-c6ccc7c8ccccc8c8ccccc8c7c6)cc5c34)=N2)cc1. The molecule has 1 aromatic heterocycles. The van der Waals surface area contributed by atoms with Crippen molar-refractivity contribution in [3.8, 4) is 11.1 Å². The van der Waals surface area contributed by atoms with E-state index in [1.807, 2.05) is 11.8 Å². The fourth-order valence-electron chi connectivity index (χ4n) is 8.03. The molecule has 1 N–H and O–H groups in total. The first-order valence-corrected chi connectivity index (χ1v) is 17.8. The number of thioether (sulfide) groups is 1. The largest absolute Gasteiger partial charge is 0.456 e. The monoisotopic (exact) mass is 656 g/mol. The van der Waals surface area contributed by atoms with Crippen LogP contribution in [0.5, 0.6) is 0 Å². The molecule has 2 aliphatic rings. The number of amidine groups is 1. The molecule has 0 bridgehead atoms. The van der Waals surface area contributed by atoms with Crippen LogP contribution in [-0.4, -0.2) is 5.84 Å². The van der Waals surface area contributed by atoms with Crippen molar-refractivity contribution in [2.75, 3.05) is 0 Å². The number of nitrogens with zero attached hydrogens (tertiary/aromatic N) is 1. The molecule has 234 valence electrons. The zero-order valence-corrected chi connectivity index (χ0v) is 27.7. The van der Waals surface area contributed by atoms with E-state index in [0.29, 0.717) is 0 Å². The van der Waals surface area contributed by atoms with Gasteiger partial charge in [0.1, 0.15) is 17.0 Å². The second-order valence-electron chi connectivity index (χ2n) is 13.1. The number of hydrogen-bond acceptors (Lipinski definition) is 4. The maximum Gasteiger partial charge on any atom is 0.136 e. The highest BCUT2D eigenvalue weighted by Crippen LogP contribution is 2.52. The Kier molecular flexibility index (Phi) is 5.95. The van der Waals surface area contributed by atoms with Gasteiger partial charge in [-0.25, -0.2) is 4.99 Å². The van der Waals surface area contributed by atoms with E-state index in [1.54, 1.807) is 0 Å². The van der Waals surface area contributed by atoms with Crippen molar-refractivity contribution in [2.24, 2.45) is 4.99 Å². The van der Waals surface area contributed by atoms with Crippen molar-refractivity contribution in [1.29, 1.82) is 0 Å². The predicted octanol–water partition coefficient (Wildman–Crippen LogP) is 12.3. The second-order valence-corrected chi connectivity index (χ2v) is 14.2. The molecular weight excluding hydrogens is 629 g/mol. The van der Waals surface area contributed by atoms with Crippen LogP contribution in [0.4, 0.5) is 0 Å². The van der Waals surface area contributed by atoms with Crippen LogP contribution >= 0.6 is 11.8 Å². The Morgan fingerprint density at radius 1 is 0.500 bits per heavy atom. The molecular formula is C46H28N2OS. The number of benzene rings is 8. The molecule has 2 aliphatic heterocycles. The number of nitrogens with one attached hydrogen (secondary N) is 1. The van der Waals surface area contributed by atoms with Crippen LogP contribution < -0.4 is 5.32 Å². The molecule has 8 aromatic carbocycles. The van der Waals surface area contributed by atoms with Crippen LogP contribution in [0.15, 0.2) is 177 Å². The summed E-state index contributed by atoms with van der Waals surface area (Å²) >= 11 is 1.82. The molecule has 0 fully saturated rings. The highest BCUT2D eigenvalue weighted by molar-refractivity contribution is 8.03. The standard InChI is InChI=1S/C46H28N2OS/c1-2-11-27(12-3-1)43-45-44(35-17-8-9-20-41(35)50-45)48-46(47-43)36-18-10-19-40-42(36)38-26-29(22-24-39(38)49-40)28-21-23-34-32-15-5-4-13-30(32)31-14-6-7-16-33(31)37(34)25-28/h1-26,44H,(H,47,48). The fourth-order valence-corrected chi connectivity index (χ4v) is 9.28. The fraction of sp³-hybridized carbons (Fsp3) is 0.0217. The molecule has 0 aliphatic carbocycles. The highest BCUT2D eigenvalue weighted by atomic mass is 32.2. The summed E-state index contributed by atoms with van der Waals surface area (Å²) in [6, 6.07) is 56.6. The van der Waals surface area contributed by atoms with Crippen LogP contribution in [0.3, 0.4) is 0 Å². The van der Waals surface area contributed by atoms with E-state index in [0.717, 1.165) is 50.2 Å². The summed E-state index contributed by atoms with van der Waals surface area (Å²) in [5, 5.41) is 13.7. The van der Waals surface area contributed by atoms with Gasteiger partial charge in [0.15, 0.2) is 0 Å². The predicted molar refractivity (Wildman–Crippen MR) is 210 cm³/mol. The molecule has 4 heteroatoms. The van der Waals surface area contributed by atoms with Gasteiger partial charge in [0.25, 0.3) is 0 Å². The summed E-state index contributed by atoms with van der Waals surface area (Å²) in [7, 11) is 0. The topological polar surface area (TPSA) is 37.5 Å². The Bertz CT molecular complexity index is 2900. The van der Waals surface area contributed by atoms with Gasteiger partial charge in [-0.3, -0.25) is 0 Å². The maximum atomic E-state index is 6.51. The number of hydrogen-bond donors (Lipinski definition) is 1. The summed E-state index contributed by atoms with van der Waals surface area (Å²) in [6.07, 6.45) is 0. The first kappa shape index (κ1) is 27.8. The average molecular weight is 657 g/mol. The van der Waals surface area contributed by atoms with Gasteiger partial charge in [-0.05, 0) is 79.3 Å². The Morgan fingerprint density at radius 3 is 1.92 bits per heavy atom. The smallest absolute Gasteiger partial charge is 0.136 e. The van der Waals surface area contributed by atoms with Crippen LogP contribution in [0.1, 0.15) is 22.7 Å². The Morgan fingerprint density at radius 2 is 1.14 bits per heavy atom. The molecule has 11 rings (SSSR count). The molecule has 9 aromatic rings. The van der Waals surface area contributed by atoms with Gasteiger partial charge in [-0.1, -0.05) is 139 Å². The summed E-state index contributed by atoms with van der Waals surface area (Å²) in [4.78, 5) is 7.89. The summed E-state index contributed by atoms with van der Waals surface area (Å²) in [5.74, 6) is 0.859. The zero-order valence-electron chi connectivity index (χ0n) is 26.9. The third-order valence-electron chi connectivity index (χ3n) is 10.3. The van der Waals surface area contributed by atoms with Gasteiger partial charge in [0.2, 0.25) is 0 Å². The van der Waals surface area contributed by atoms with Gasteiger partial charge >= 0.3 is 0 Å². The Labute approximate surface area is 292 Å². The zero-order chi connectivity index (χ0) is 32.8. The minimum atomic E-state index is 0.0337. The first-order valence-electron chi connectivity index (χ1n) is 17.0. The lowest BCUT2D eigenvalue weighted by Gasteiger charge is -2.25. The molecule has 0 saturated carbocycles. The van der Waals surface area contributed by atoms with Crippen molar-refractivity contribution in [2.45, 2.75) is 10.9 Å². The van der Waals surface area contributed by atoms with Crippen molar-refractivity contribution in [3.05, 3.63) is 179 Å². The summed E-state index contributed by atoms with van der Waals surface area (Å²) in [5.41, 5.74) is 8.52. The summed E-state index contributed by atoms with van der Waals surface area (Å²) < 4.78 is 6.51. The van der Waals surface area contributed by atoms with E-state index in [9.17, 15) is 0 Å². The third-order valence-corrected chi connectivity index (χ3v) is 11.6. The van der Waals surface area contributed by atoms with Crippen molar-refractivity contribution < 1.29 is 4.42 Å². The molecule has 50 heavy (non-hydrogen) atoms. The molecule has 1 atom stereocenters. The van der Waals surface area contributed by atoms with E-state index in [1.165, 1.54) is 53.2 Å². The highest BCUT2D eigenvalue weighted by Gasteiger charge is 2.35. The molecule has 1 unspecified atom stereocenters. The Balaban J connectivity index is 1.10. The van der Waals surface area contributed by atoms with Gasteiger partial charge in [-0.2, -0.15) is 0 Å². The quantitative estimate of drug-likeness (QED) is 0.192. The van der Waals surface area contributed by atoms with Crippen LogP contribution in [-0.2, 0) is 0 Å². The maximum absolute atomic E-state index is 6.51.